The predicted octanol–water partition coefficient (Wildman–Crippen LogP) is 2.58. The Kier molecular flexibility index (Phi) is 4.36. The lowest BCUT2D eigenvalue weighted by Crippen LogP contribution is -2.41. The number of carbonyl (C=O) groups is 2. The van der Waals surface area contributed by atoms with Gasteiger partial charge in [0, 0.05) is 30.3 Å². The van der Waals surface area contributed by atoms with E-state index in [0.717, 1.165) is 10.9 Å². The van der Waals surface area contributed by atoms with Crippen molar-refractivity contribution >= 4 is 22.7 Å². The topological polar surface area (TPSA) is 81.0 Å². The Morgan fingerprint density at radius 3 is 2.61 bits per heavy atom. The van der Waals surface area contributed by atoms with Crippen molar-refractivity contribution in [2.75, 3.05) is 0 Å². The molecule has 4 rings (SSSR count). The van der Waals surface area contributed by atoms with Crippen molar-refractivity contribution in [3.05, 3.63) is 84.1 Å². The minimum absolute atomic E-state index is 0.0856. The molecule has 28 heavy (non-hydrogen) atoms. The molecule has 0 radical (unpaired) electrons. The molecule has 0 saturated heterocycles. The van der Waals surface area contributed by atoms with E-state index in [9.17, 15) is 14.0 Å². The average Bonchev–Trinajstić information content (AvgIpc) is 3.32. The van der Waals surface area contributed by atoms with Crippen LogP contribution >= 0.6 is 0 Å². The number of amides is 2. The van der Waals surface area contributed by atoms with Gasteiger partial charge in [-0.15, -0.1) is 0 Å². The van der Waals surface area contributed by atoms with Gasteiger partial charge in [-0.1, -0.05) is 24.3 Å². The van der Waals surface area contributed by atoms with Gasteiger partial charge in [0.1, 0.15) is 5.82 Å². The minimum atomic E-state index is -0.580. The second-order valence-electron chi connectivity index (χ2n) is 6.20. The summed E-state index contributed by atoms with van der Waals surface area (Å²) in [6, 6.07) is 14.8. The maximum atomic E-state index is 13.3. The molecule has 0 saturated carbocycles. The number of nitrogens with one attached hydrogen (secondary N) is 2. The number of fused-ring (bicyclic) bond motifs is 1. The van der Waals surface area contributed by atoms with Gasteiger partial charge in [0.15, 0.2) is 5.69 Å². The molecule has 2 aromatic carbocycles. The van der Waals surface area contributed by atoms with Gasteiger partial charge < -0.3 is 4.57 Å². The number of rotatable bonds is 3. The van der Waals surface area contributed by atoms with Gasteiger partial charge in [0.2, 0.25) is 0 Å². The van der Waals surface area contributed by atoms with Crippen LogP contribution in [-0.4, -0.2) is 26.2 Å². The van der Waals surface area contributed by atoms with Crippen molar-refractivity contribution in [1.29, 1.82) is 0 Å². The maximum absolute atomic E-state index is 13.3. The van der Waals surface area contributed by atoms with E-state index in [1.807, 2.05) is 35.9 Å². The first-order valence-corrected chi connectivity index (χ1v) is 8.49. The Bertz CT molecular complexity index is 1190. The Morgan fingerprint density at radius 2 is 1.79 bits per heavy atom. The number of halogens is 1. The van der Waals surface area contributed by atoms with Crippen molar-refractivity contribution in [1.82, 2.24) is 25.2 Å². The van der Waals surface area contributed by atoms with Crippen LogP contribution in [0, 0.1) is 5.82 Å². The fourth-order valence-electron chi connectivity index (χ4n) is 2.98. The first-order chi connectivity index (χ1) is 13.5. The summed E-state index contributed by atoms with van der Waals surface area (Å²) in [6.07, 6.45) is 3.24. The second kappa shape index (κ2) is 6.99. The molecule has 0 aliphatic rings. The van der Waals surface area contributed by atoms with Crippen LogP contribution in [0.5, 0.6) is 0 Å². The summed E-state index contributed by atoms with van der Waals surface area (Å²) in [5.74, 6) is -1.42. The molecule has 2 N–H and O–H groups in total. The number of hydrazine groups is 1. The van der Waals surface area contributed by atoms with Gasteiger partial charge in [-0.05, 0) is 30.3 Å². The molecule has 2 heterocycles. The monoisotopic (exact) mass is 377 g/mol. The van der Waals surface area contributed by atoms with E-state index in [4.69, 9.17) is 0 Å². The van der Waals surface area contributed by atoms with Gasteiger partial charge in [-0.3, -0.25) is 20.4 Å². The Hall–Kier alpha value is -3.94. The number of aryl methyl sites for hydroxylation is 1. The Balaban J connectivity index is 1.46. The molecule has 0 bridgehead atoms. The number of hydrogen-bond donors (Lipinski definition) is 2. The van der Waals surface area contributed by atoms with Gasteiger partial charge in [0.05, 0.1) is 11.3 Å². The van der Waals surface area contributed by atoms with Gasteiger partial charge in [-0.2, -0.15) is 5.10 Å². The molecule has 8 heteroatoms. The van der Waals surface area contributed by atoms with Crippen molar-refractivity contribution < 1.29 is 14.0 Å². The Morgan fingerprint density at radius 1 is 1.00 bits per heavy atom. The van der Waals surface area contributed by atoms with Crippen LogP contribution in [0.3, 0.4) is 0 Å². The third-order valence-electron chi connectivity index (χ3n) is 4.33. The third-order valence-corrected chi connectivity index (χ3v) is 4.33. The first kappa shape index (κ1) is 17.5. The van der Waals surface area contributed by atoms with Crippen molar-refractivity contribution in [3.8, 4) is 5.69 Å². The lowest BCUT2D eigenvalue weighted by Gasteiger charge is -2.05. The number of aromatic nitrogens is 3. The number of carbonyl (C=O) groups excluding carboxylic acids is 2. The highest BCUT2D eigenvalue weighted by molar-refractivity contribution is 6.07. The van der Waals surface area contributed by atoms with Gasteiger partial charge in [-0.25, -0.2) is 9.07 Å². The smallest absolute Gasteiger partial charge is 0.290 e. The fourth-order valence-corrected chi connectivity index (χ4v) is 2.98. The zero-order valence-electron chi connectivity index (χ0n) is 14.9. The summed E-state index contributed by atoms with van der Waals surface area (Å²) >= 11 is 0. The number of nitrogens with zero attached hydrogens (tertiary/aromatic N) is 3. The summed E-state index contributed by atoms with van der Waals surface area (Å²) in [4.78, 5) is 24.7. The van der Waals surface area contributed by atoms with Crippen LogP contribution in [0.4, 0.5) is 4.39 Å². The first-order valence-electron chi connectivity index (χ1n) is 8.49. The third kappa shape index (κ3) is 3.23. The fraction of sp³-hybridized carbons (Fsp3) is 0.0500. The number of hydrogen-bond acceptors (Lipinski definition) is 3. The average molecular weight is 377 g/mol. The molecule has 0 fully saturated rings. The predicted molar refractivity (Wildman–Crippen MR) is 101 cm³/mol. The zero-order chi connectivity index (χ0) is 19.7. The quantitative estimate of drug-likeness (QED) is 0.539. The van der Waals surface area contributed by atoms with E-state index in [1.54, 1.807) is 18.3 Å². The van der Waals surface area contributed by atoms with E-state index in [0.29, 0.717) is 11.3 Å². The van der Waals surface area contributed by atoms with E-state index in [1.165, 1.54) is 29.1 Å². The van der Waals surface area contributed by atoms with Crippen molar-refractivity contribution in [2.24, 2.45) is 7.05 Å². The summed E-state index contributed by atoms with van der Waals surface area (Å²) < 4.78 is 16.6. The molecule has 0 spiro atoms. The molecule has 4 aromatic rings. The summed E-state index contributed by atoms with van der Waals surface area (Å²) in [5.41, 5.74) is 6.68. The number of para-hydroxylation sites is 1. The van der Waals surface area contributed by atoms with Crippen molar-refractivity contribution in [2.45, 2.75) is 0 Å². The van der Waals surface area contributed by atoms with Crippen LogP contribution in [0.2, 0.25) is 0 Å². The molecule has 0 atom stereocenters. The molecule has 2 aromatic heterocycles. The maximum Gasteiger partial charge on any atom is 0.290 e. The Labute approximate surface area is 159 Å². The van der Waals surface area contributed by atoms with E-state index < -0.39 is 17.6 Å². The second-order valence-corrected chi connectivity index (χ2v) is 6.20. The van der Waals surface area contributed by atoms with Gasteiger partial charge in [0.25, 0.3) is 11.8 Å². The van der Waals surface area contributed by atoms with E-state index >= 15 is 0 Å². The van der Waals surface area contributed by atoms with E-state index in [2.05, 4.69) is 16.0 Å². The molecular formula is C20H16FN5O2. The molecule has 0 aliphatic heterocycles. The normalized spacial score (nSPS) is 10.8. The lowest BCUT2D eigenvalue weighted by atomic mass is 10.2. The molecule has 0 aliphatic carbocycles. The molecule has 140 valence electrons. The van der Waals surface area contributed by atoms with Crippen LogP contribution in [0.1, 0.15) is 20.8 Å². The summed E-state index contributed by atoms with van der Waals surface area (Å²) in [6.45, 7) is 0. The largest absolute Gasteiger partial charge is 0.350 e. The standard InChI is InChI=1S/C20H16FN5O2/c1-25-12-16(15-7-2-3-8-18(15)25)19(27)22-23-20(28)17-9-10-26(24-17)14-6-4-5-13(21)11-14/h2-12H,1H3,(H,22,27)(H,23,28). The van der Waals surface area contributed by atoms with Gasteiger partial charge >= 0.3 is 0 Å². The zero-order valence-corrected chi connectivity index (χ0v) is 14.9. The molecule has 0 unspecified atom stereocenters. The SMILES string of the molecule is Cn1cc(C(=O)NNC(=O)c2ccn(-c3cccc(F)c3)n2)c2ccccc21. The highest BCUT2D eigenvalue weighted by atomic mass is 19.1. The van der Waals surface area contributed by atoms with Crippen molar-refractivity contribution in [3.63, 3.8) is 0 Å². The van der Waals surface area contributed by atoms with Crippen LogP contribution < -0.4 is 10.9 Å². The van der Waals surface area contributed by atoms with E-state index in [-0.39, 0.29) is 5.69 Å². The van der Waals surface area contributed by atoms with Crippen LogP contribution in [0.15, 0.2) is 67.0 Å². The summed E-state index contributed by atoms with van der Waals surface area (Å²) in [7, 11) is 1.84. The molecular weight excluding hydrogens is 361 g/mol. The minimum Gasteiger partial charge on any atom is -0.350 e. The highest BCUT2D eigenvalue weighted by Crippen LogP contribution is 2.19. The highest BCUT2D eigenvalue weighted by Gasteiger charge is 2.16. The summed E-state index contributed by atoms with van der Waals surface area (Å²) in [5, 5.41) is 4.89. The molecule has 2 amide bonds. The lowest BCUT2D eigenvalue weighted by molar-refractivity contribution is 0.0844. The molecule has 7 nitrogen and oxygen atoms in total. The van der Waals surface area contributed by atoms with Crippen LogP contribution in [0.25, 0.3) is 16.6 Å². The van der Waals surface area contributed by atoms with Crippen LogP contribution in [-0.2, 0) is 7.05 Å². The number of benzene rings is 2.